The van der Waals surface area contributed by atoms with Crippen molar-refractivity contribution in [3.8, 4) is 0 Å². The van der Waals surface area contributed by atoms with E-state index in [9.17, 15) is 19.5 Å². The molecule has 2 heterocycles. The SMILES string of the molecule is NC(=O)C[C@H]1CC(C2C=N[C@@](Cc3ccccc3)(C[C@H](O)[C@H](Cc3ccccc3)NC(=O)O[C@H]3CCOC3)C2=O)c2ccccc21. The topological polar surface area (TPSA) is 140 Å². The molecule has 4 N–H and O–H groups in total. The van der Waals surface area contributed by atoms with E-state index in [1.54, 1.807) is 6.21 Å². The molecule has 3 aromatic rings. The van der Waals surface area contributed by atoms with Crippen LogP contribution in [0.4, 0.5) is 4.79 Å². The molecule has 0 bridgehead atoms. The van der Waals surface area contributed by atoms with Gasteiger partial charge in [-0.05, 0) is 46.9 Å². The number of fused-ring (bicyclic) bond motifs is 1. The minimum atomic E-state index is -1.25. The van der Waals surface area contributed by atoms with Gasteiger partial charge in [0.2, 0.25) is 5.91 Å². The van der Waals surface area contributed by atoms with Gasteiger partial charge in [-0.3, -0.25) is 14.6 Å². The molecule has 240 valence electrons. The molecule has 3 aliphatic rings. The van der Waals surface area contributed by atoms with Crippen LogP contribution in [0.15, 0.2) is 89.9 Å². The van der Waals surface area contributed by atoms with E-state index in [2.05, 4.69) is 5.32 Å². The lowest BCUT2D eigenvalue weighted by atomic mass is 9.74. The summed E-state index contributed by atoms with van der Waals surface area (Å²) in [6.07, 6.45) is 1.77. The number of aliphatic hydroxyl groups excluding tert-OH is 1. The molecule has 0 aromatic heterocycles. The van der Waals surface area contributed by atoms with E-state index in [1.165, 1.54) is 0 Å². The molecule has 7 atom stereocenters. The fourth-order valence-corrected chi connectivity index (χ4v) is 7.38. The fourth-order valence-electron chi connectivity index (χ4n) is 7.38. The van der Waals surface area contributed by atoms with E-state index in [-0.39, 0.29) is 42.5 Å². The Morgan fingerprint density at radius 1 is 1.00 bits per heavy atom. The van der Waals surface area contributed by atoms with Crippen LogP contribution in [-0.4, -0.2) is 66.1 Å². The van der Waals surface area contributed by atoms with E-state index >= 15 is 0 Å². The largest absolute Gasteiger partial charge is 0.444 e. The highest BCUT2D eigenvalue weighted by atomic mass is 16.6. The highest BCUT2D eigenvalue weighted by Gasteiger charge is 2.51. The number of rotatable bonds is 12. The van der Waals surface area contributed by atoms with Gasteiger partial charge in [0.1, 0.15) is 11.6 Å². The lowest BCUT2D eigenvalue weighted by Crippen LogP contribution is -2.51. The van der Waals surface area contributed by atoms with Crippen molar-refractivity contribution in [1.29, 1.82) is 0 Å². The Bertz CT molecular complexity index is 1560. The first kappa shape index (κ1) is 31.6. The number of nitrogens with one attached hydrogen (secondary N) is 1. The minimum Gasteiger partial charge on any atom is -0.444 e. The van der Waals surface area contributed by atoms with Gasteiger partial charge in [0.15, 0.2) is 5.78 Å². The van der Waals surface area contributed by atoms with Crippen LogP contribution >= 0.6 is 0 Å². The molecular formula is C37H41N3O6. The summed E-state index contributed by atoms with van der Waals surface area (Å²) in [4.78, 5) is 44.5. The van der Waals surface area contributed by atoms with Crippen LogP contribution in [0.25, 0.3) is 0 Å². The summed E-state index contributed by atoms with van der Waals surface area (Å²) in [6.45, 7) is 0.876. The van der Waals surface area contributed by atoms with Crippen molar-refractivity contribution in [3.05, 3.63) is 107 Å². The number of ether oxygens (including phenoxy) is 2. The number of carbonyl (C=O) groups excluding carboxylic acids is 3. The Labute approximate surface area is 269 Å². The van der Waals surface area contributed by atoms with Gasteiger partial charge in [-0.15, -0.1) is 0 Å². The van der Waals surface area contributed by atoms with Crippen LogP contribution in [0.1, 0.15) is 59.8 Å². The monoisotopic (exact) mass is 623 g/mol. The first-order valence-electron chi connectivity index (χ1n) is 16.1. The number of hydrogen-bond donors (Lipinski definition) is 3. The van der Waals surface area contributed by atoms with E-state index in [1.807, 2.05) is 84.9 Å². The second-order valence-corrected chi connectivity index (χ2v) is 12.8. The van der Waals surface area contributed by atoms with Gasteiger partial charge in [0, 0.05) is 31.9 Å². The predicted molar refractivity (Wildman–Crippen MR) is 174 cm³/mol. The highest BCUT2D eigenvalue weighted by molar-refractivity contribution is 6.07. The van der Waals surface area contributed by atoms with Gasteiger partial charge in [0.25, 0.3) is 0 Å². The van der Waals surface area contributed by atoms with Gasteiger partial charge in [-0.2, -0.15) is 0 Å². The molecule has 9 nitrogen and oxygen atoms in total. The third-order valence-corrected chi connectivity index (χ3v) is 9.61. The number of primary amides is 1. The summed E-state index contributed by atoms with van der Waals surface area (Å²) in [7, 11) is 0. The lowest BCUT2D eigenvalue weighted by molar-refractivity contribution is -0.126. The number of amides is 2. The number of alkyl carbamates (subject to hydrolysis) is 1. The van der Waals surface area contributed by atoms with Crippen LogP contribution < -0.4 is 11.1 Å². The number of ketones is 1. The Balaban J connectivity index is 1.27. The molecular weight excluding hydrogens is 582 g/mol. The second kappa shape index (κ2) is 14.0. The summed E-state index contributed by atoms with van der Waals surface area (Å²) < 4.78 is 10.9. The molecule has 46 heavy (non-hydrogen) atoms. The normalized spacial score (nSPS) is 26.4. The summed E-state index contributed by atoms with van der Waals surface area (Å²) >= 11 is 0. The number of nitrogens with two attached hydrogens (primary N) is 1. The molecule has 3 aromatic carbocycles. The van der Waals surface area contributed by atoms with E-state index < -0.39 is 29.7 Å². The first-order valence-corrected chi connectivity index (χ1v) is 16.1. The minimum absolute atomic E-state index is 0.0110. The van der Waals surface area contributed by atoms with Crippen LogP contribution in [-0.2, 0) is 31.9 Å². The van der Waals surface area contributed by atoms with E-state index in [0.717, 1.165) is 22.3 Å². The van der Waals surface area contributed by atoms with E-state index in [4.69, 9.17) is 20.2 Å². The molecule has 2 unspecified atom stereocenters. The summed E-state index contributed by atoms with van der Waals surface area (Å²) in [5.41, 5.74) is 8.29. The maximum atomic E-state index is 14.7. The zero-order valence-electron chi connectivity index (χ0n) is 25.8. The van der Waals surface area contributed by atoms with Gasteiger partial charge in [-0.25, -0.2) is 4.79 Å². The molecule has 2 aliphatic heterocycles. The Kier molecular flexibility index (Phi) is 9.61. The van der Waals surface area contributed by atoms with Gasteiger partial charge in [0.05, 0.1) is 31.3 Å². The average Bonchev–Trinajstić information content (AvgIpc) is 3.76. The molecule has 6 rings (SSSR count). The molecule has 0 radical (unpaired) electrons. The van der Waals surface area contributed by atoms with Crippen molar-refractivity contribution in [2.75, 3.05) is 13.2 Å². The number of hydrogen-bond acceptors (Lipinski definition) is 7. The number of aliphatic hydroxyl groups is 1. The lowest BCUT2D eigenvalue weighted by Gasteiger charge is -2.33. The quantitative estimate of drug-likeness (QED) is 0.276. The van der Waals surface area contributed by atoms with Crippen molar-refractivity contribution in [3.63, 3.8) is 0 Å². The highest BCUT2D eigenvalue weighted by Crippen LogP contribution is 2.49. The van der Waals surface area contributed by atoms with Crippen molar-refractivity contribution in [2.45, 2.75) is 74.1 Å². The van der Waals surface area contributed by atoms with Crippen LogP contribution in [0, 0.1) is 5.92 Å². The number of Topliss-reactive ketones (excluding diaryl/α,β-unsaturated/α-hetero) is 1. The van der Waals surface area contributed by atoms with Gasteiger partial charge in [-0.1, -0.05) is 84.9 Å². The third kappa shape index (κ3) is 7.06. The van der Waals surface area contributed by atoms with Gasteiger partial charge < -0.3 is 25.6 Å². The zero-order chi connectivity index (χ0) is 32.1. The maximum absolute atomic E-state index is 14.7. The van der Waals surface area contributed by atoms with Crippen molar-refractivity contribution < 1.29 is 29.0 Å². The zero-order valence-corrected chi connectivity index (χ0v) is 25.8. The fraction of sp³-hybridized carbons (Fsp3) is 0.405. The first-order chi connectivity index (χ1) is 22.3. The Morgan fingerprint density at radius 2 is 1.67 bits per heavy atom. The predicted octanol–water partition coefficient (Wildman–Crippen LogP) is 4.26. The third-order valence-electron chi connectivity index (χ3n) is 9.61. The van der Waals surface area contributed by atoms with Crippen LogP contribution in [0.2, 0.25) is 0 Å². The number of benzene rings is 3. The Morgan fingerprint density at radius 3 is 2.35 bits per heavy atom. The average molecular weight is 624 g/mol. The number of aliphatic imine (C=N–C) groups is 1. The Hall–Kier alpha value is -4.34. The van der Waals surface area contributed by atoms with Crippen molar-refractivity contribution in [2.24, 2.45) is 16.6 Å². The van der Waals surface area contributed by atoms with Gasteiger partial charge >= 0.3 is 6.09 Å². The molecule has 1 saturated heterocycles. The number of carbonyl (C=O) groups is 3. The standard InChI is InChI=1S/C37H41N3O6/c38-34(42)19-26-18-30(29-14-8-7-13-28(26)29)31-22-39-37(35(31)43,20-25-11-5-2-6-12-25)21-33(41)32(17-24-9-3-1-4-10-24)40-36(44)46-27-15-16-45-23-27/h1-14,22,26-27,30-33,41H,15-21,23H2,(H2,38,42)(H,40,44)/t26-,27+,30?,31?,32+,33+,37+/m1/s1. The number of nitrogens with zero attached hydrogens (tertiary/aromatic N) is 1. The van der Waals surface area contributed by atoms with Crippen LogP contribution in [0.3, 0.4) is 0 Å². The molecule has 0 saturated carbocycles. The molecule has 9 heteroatoms. The van der Waals surface area contributed by atoms with Crippen LogP contribution in [0.5, 0.6) is 0 Å². The molecule has 1 fully saturated rings. The maximum Gasteiger partial charge on any atom is 0.407 e. The van der Waals surface area contributed by atoms with Crippen molar-refractivity contribution >= 4 is 24.0 Å². The smallest absolute Gasteiger partial charge is 0.407 e. The van der Waals surface area contributed by atoms with E-state index in [0.29, 0.717) is 38.9 Å². The molecule has 0 spiro atoms. The van der Waals surface area contributed by atoms with Crippen molar-refractivity contribution in [1.82, 2.24) is 5.32 Å². The second-order valence-electron chi connectivity index (χ2n) is 12.8. The summed E-state index contributed by atoms with van der Waals surface area (Å²) in [5, 5.41) is 14.8. The summed E-state index contributed by atoms with van der Waals surface area (Å²) in [5.74, 6) is -1.19. The summed E-state index contributed by atoms with van der Waals surface area (Å²) in [6, 6.07) is 26.5. The molecule has 1 aliphatic carbocycles. The molecule has 2 amide bonds.